The normalized spacial score (nSPS) is 28.3. The molecule has 3 rings (SSSR count). The zero-order valence-electron chi connectivity index (χ0n) is 14.2. The van der Waals surface area contributed by atoms with E-state index in [1.165, 1.54) is 4.57 Å². The number of H-pyrrole nitrogens is 1. The van der Waals surface area contributed by atoms with E-state index in [1.54, 1.807) is 13.1 Å². The summed E-state index contributed by atoms with van der Waals surface area (Å²) in [5.41, 5.74) is -0.375. The zero-order chi connectivity index (χ0) is 16.8. The molecular formula is C16H25N3O4. The van der Waals surface area contributed by atoms with E-state index in [0.717, 1.165) is 19.4 Å². The minimum Gasteiger partial charge on any atom is -0.371 e. The number of aromatic amines is 1. The van der Waals surface area contributed by atoms with Crippen molar-refractivity contribution in [2.24, 2.45) is 0 Å². The number of nitrogens with one attached hydrogen (secondary N) is 1. The third-order valence-corrected chi connectivity index (χ3v) is 4.32. The molecule has 128 valence electrons. The van der Waals surface area contributed by atoms with Crippen molar-refractivity contribution in [3.8, 4) is 0 Å². The van der Waals surface area contributed by atoms with Gasteiger partial charge in [0, 0.05) is 18.3 Å². The molecule has 1 N–H and O–H groups in total. The molecule has 0 unspecified atom stereocenters. The third kappa shape index (κ3) is 3.57. The van der Waals surface area contributed by atoms with Gasteiger partial charge in [-0.25, -0.2) is 4.79 Å². The van der Waals surface area contributed by atoms with Crippen LogP contribution < -0.4 is 11.2 Å². The highest BCUT2D eigenvalue weighted by Crippen LogP contribution is 2.34. The van der Waals surface area contributed by atoms with E-state index in [2.05, 4.69) is 25.8 Å². The fourth-order valence-corrected chi connectivity index (χ4v) is 3.38. The fraction of sp³-hybridized carbons (Fsp3) is 0.750. The molecule has 0 spiro atoms. The zero-order valence-corrected chi connectivity index (χ0v) is 14.2. The molecular weight excluding hydrogens is 298 g/mol. The molecule has 0 aliphatic carbocycles. The van der Waals surface area contributed by atoms with Crippen LogP contribution in [0.1, 0.15) is 39.2 Å². The van der Waals surface area contributed by atoms with Crippen molar-refractivity contribution in [1.29, 1.82) is 0 Å². The summed E-state index contributed by atoms with van der Waals surface area (Å²) in [6.07, 6.45) is 3.47. The first kappa shape index (κ1) is 16.4. The molecule has 7 heteroatoms. The van der Waals surface area contributed by atoms with Crippen LogP contribution in [0, 0.1) is 6.92 Å². The van der Waals surface area contributed by atoms with Gasteiger partial charge in [-0.3, -0.25) is 19.2 Å². The van der Waals surface area contributed by atoms with E-state index in [0.29, 0.717) is 12.1 Å². The smallest absolute Gasteiger partial charge is 0.328 e. The summed E-state index contributed by atoms with van der Waals surface area (Å²) >= 11 is 0. The van der Waals surface area contributed by atoms with E-state index < -0.39 is 5.69 Å². The minimum atomic E-state index is -0.390. The molecule has 3 heterocycles. The number of hydrogen-bond donors (Lipinski definition) is 1. The lowest BCUT2D eigenvalue weighted by Gasteiger charge is -2.27. The molecule has 2 aliphatic heterocycles. The maximum Gasteiger partial charge on any atom is 0.328 e. The molecule has 7 nitrogen and oxygen atoms in total. The van der Waals surface area contributed by atoms with Crippen LogP contribution in [0.2, 0.25) is 0 Å². The van der Waals surface area contributed by atoms with Crippen LogP contribution >= 0.6 is 0 Å². The molecule has 2 saturated heterocycles. The lowest BCUT2D eigenvalue weighted by Crippen LogP contribution is -2.36. The molecule has 1 aromatic heterocycles. The predicted molar refractivity (Wildman–Crippen MR) is 85.3 cm³/mol. The van der Waals surface area contributed by atoms with Gasteiger partial charge >= 0.3 is 5.69 Å². The van der Waals surface area contributed by atoms with Crippen LogP contribution in [0.4, 0.5) is 0 Å². The minimum absolute atomic E-state index is 0.0747. The molecule has 0 aromatic carbocycles. The van der Waals surface area contributed by atoms with E-state index in [9.17, 15) is 9.59 Å². The van der Waals surface area contributed by atoms with Gasteiger partial charge in [-0.1, -0.05) is 0 Å². The van der Waals surface area contributed by atoms with Gasteiger partial charge < -0.3 is 4.74 Å². The van der Waals surface area contributed by atoms with Crippen molar-refractivity contribution in [1.82, 2.24) is 14.6 Å². The summed E-state index contributed by atoms with van der Waals surface area (Å²) in [5, 5.41) is 1.99. The van der Waals surface area contributed by atoms with Crippen LogP contribution in [-0.4, -0.2) is 45.0 Å². The molecule has 0 bridgehead atoms. The van der Waals surface area contributed by atoms with E-state index in [-0.39, 0.29) is 29.4 Å². The number of fused-ring (bicyclic) bond motifs is 1. The lowest BCUT2D eigenvalue weighted by molar-refractivity contribution is -0.161. The van der Waals surface area contributed by atoms with Gasteiger partial charge in [-0.2, -0.15) is 5.06 Å². The van der Waals surface area contributed by atoms with E-state index in [4.69, 9.17) is 9.57 Å². The quantitative estimate of drug-likeness (QED) is 0.891. The summed E-state index contributed by atoms with van der Waals surface area (Å²) in [5.74, 6) is 0. The Balaban J connectivity index is 1.68. The maximum atomic E-state index is 11.9. The van der Waals surface area contributed by atoms with Gasteiger partial charge in [0.1, 0.15) is 0 Å². The van der Waals surface area contributed by atoms with Crippen molar-refractivity contribution >= 4 is 0 Å². The Kier molecular flexibility index (Phi) is 4.20. The summed E-state index contributed by atoms with van der Waals surface area (Å²) in [6.45, 7) is 9.16. The second kappa shape index (κ2) is 5.89. The van der Waals surface area contributed by atoms with Crippen molar-refractivity contribution < 1.29 is 9.57 Å². The van der Waals surface area contributed by atoms with Crippen LogP contribution in [0.5, 0.6) is 0 Å². The summed E-state index contributed by atoms with van der Waals surface area (Å²) < 4.78 is 7.65. The molecule has 23 heavy (non-hydrogen) atoms. The third-order valence-electron chi connectivity index (χ3n) is 4.32. The van der Waals surface area contributed by atoms with E-state index >= 15 is 0 Å². The SMILES string of the molecule is Cc1cn(C[C@H]2C[C@@H]3[C@@H](OC(C)(C)C)CCN3O2)c(=O)[nH]c1=O. The number of aryl methyl sites for hydroxylation is 1. The maximum absolute atomic E-state index is 11.9. The largest absolute Gasteiger partial charge is 0.371 e. The molecule has 2 fully saturated rings. The van der Waals surface area contributed by atoms with Crippen molar-refractivity contribution in [3.63, 3.8) is 0 Å². The Hall–Kier alpha value is -1.44. The molecule has 0 radical (unpaired) electrons. The Bertz CT molecular complexity index is 688. The summed E-state index contributed by atoms with van der Waals surface area (Å²) in [7, 11) is 0. The number of hydrogen-bond acceptors (Lipinski definition) is 5. The highest BCUT2D eigenvalue weighted by molar-refractivity contribution is 5.01. The van der Waals surface area contributed by atoms with Gasteiger partial charge in [0.25, 0.3) is 5.56 Å². The number of aromatic nitrogens is 2. The number of rotatable bonds is 3. The van der Waals surface area contributed by atoms with E-state index in [1.807, 2.05) is 5.06 Å². The lowest BCUT2D eigenvalue weighted by atomic mass is 10.0. The first-order chi connectivity index (χ1) is 10.7. The fourth-order valence-electron chi connectivity index (χ4n) is 3.38. The highest BCUT2D eigenvalue weighted by atomic mass is 16.7. The standard InChI is InChI=1S/C16H25N3O4/c1-10-8-18(15(21)17-14(10)20)9-11-7-12-13(22-16(2,3)4)5-6-19(12)23-11/h8,11-13H,5-7,9H2,1-4H3,(H,17,20,21)/t11-,12-,13+/m1/s1. The second-order valence-electron chi connectivity index (χ2n) is 7.45. The number of hydroxylamine groups is 2. The molecule has 0 saturated carbocycles. The van der Waals surface area contributed by atoms with Gasteiger partial charge in [0.2, 0.25) is 0 Å². The topological polar surface area (TPSA) is 76.6 Å². The predicted octanol–water partition coefficient (Wildman–Crippen LogP) is 0.807. The van der Waals surface area contributed by atoms with Gasteiger partial charge in [-0.15, -0.1) is 0 Å². The molecule has 3 atom stereocenters. The van der Waals surface area contributed by atoms with Crippen LogP contribution in [0.15, 0.2) is 15.8 Å². The van der Waals surface area contributed by atoms with Crippen LogP contribution in [-0.2, 0) is 16.1 Å². The average molecular weight is 323 g/mol. The molecule has 0 amide bonds. The van der Waals surface area contributed by atoms with Gasteiger partial charge in [0.05, 0.1) is 30.4 Å². The van der Waals surface area contributed by atoms with Crippen LogP contribution in [0.3, 0.4) is 0 Å². The number of nitrogens with zero attached hydrogens (tertiary/aromatic N) is 2. The first-order valence-corrected chi connectivity index (χ1v) is 8.14. The highest BCUT2D eigenvalue weighted by Gasteiger charge is 2.45. The van der Waals surface area contributed by atoms with Crippen molar-refractivity contribution in [2.45, 2.75) is 70.9 Å². The Morgan fingerprint density at radius 1 is 1.39 bits per heavy atom. The van der Waals surface area contributed by atoms with Gasteiger partial charge in [-0.05, 0) is 40.5 Å². The Morgan fingerprint density at radius 3 is 2.83 bits per heavy atom. The van der Waals surface area contributed by atoms with Crippen molar-refractivity contribution in [2.75, 3.05) is 6.54 Å². The van der Waals surface area contributed by atoms with Gasteiger partial charge in [0.15, 0.2) is 0 Å². The second-order valence-corrected chi connectivity index (χ2v) is 7.45. The molecule has 1 aromatic rings. The number of ether oxygens (including phenoxy) is 1. The Morgan fingerprint density at radius 2 is 2.13 bits per heavy atom. The average Bonchev–Trinajstić information content (AvgIpc) is 2.96. The summed E-state index contributed by atoms with van der Waals surface area (Å²) in [6, 6.07) is 0.235. The van der Waals surface area contributed by atoms with Crippen molar-refractivity contribution in [3.05, 3.63) is 32.6 Å². The summed E-state index contributed by atoms with van der Waals surface area (Å²) in [4.78, 5) is 31.6. The van der Waals surface area contributed by atoms with Crippen LogP contribution in [0.25, 0.3) is 0 Å². The monoisotopic (exact) mass is 323 g/mol. The first-order valence-electron chi connectivity index (χ1n) is 8.14. The Labute approximate surface area is 135 Å². The molecule has 2 aliphatic rings.